The maximum atomic E-state index is 11.7. The van der Waals surface area contributed by atoms with Gasteiger partial charge < -0.3 is 37.0 Å². The lowest BCUT2D eigenvalue weighted by Gasteiger charge is -2.18. The quantitative estimate of drug-likeness (QED) is 0.221. The first-order valence-electron chi connectivity index (χ1n) is 6.74. The molecule has 23 heavy (non-hydrogen) atoms. The molecule has 0 aliphatic rings. The molecule has 0 saturated carbocycles. The highest BCUT2D eigenvalue weighted by atomic mass is 16.4. The molecule has 8 N–H and O–H groups in total. The molecule has 0 heterocycles. The fraction of sp³-hybridized carbons (Fsp3) is 0.667. The smallest absolute Gasteiger partial charge is 0.328 e. The van der Waals surface area contributed by atoms with Gasteiger partial charge in [-0.25, -0.2) is 4.79 Å². The monoisotopic (exact) mass is 334 g/mol. The van der Waals surface area contributed by atoms with E-state index < -0.39 is 61.1 Å². The SMILES string of the molecule is C[C@H](NC(=O)[C@@H](N)CO)C(=O)NCC(=O)N[C@H](C(=O)O)[C@@H](C)O. The summed E-state index contributed by atoms with van der Waals surface area (Å²) in [6.07, 6.45) is -1.31. The van der Waals surface area contributed by atoms with Crippen LogP contribution in [0.25, 0.3) is 0 Å². The van der Waals surface area contributed by atoms with Crippen molar-refractivity contribution in [2.75, 3.05) is 13.2 Å². The second-order valence-electron chi connectivity index (χ2n) is 4.86. The summed E-state index contributed by atoms with van der Waals surface area (Å²) in [6.45, 7) is 1.41. The van der Waals surface area contributed by atoms with Crippen molar-refractivity contribution >= 4 is 23.7 Å². The third-order valence-electron chi connectivity index (χ3n) is 2.77. The Labute approximate surface area is 132 Å². The molecule has 0 aliphatic carbocycles. The molecular weight excluding hydrogens is 312 g/mol. The number of amides is 3. The minimum Gasteiger partial charge on any atom is -0.480 e. The second kappa shape index (κ2) is 9.71. The predicted molar refractivity (Wildman–Crippen MR) is 76.9 cm³/mol. The van der Waals surface area contributed by atoms with Gasteiger partial charge in [0.15, 0.2) is 6.04 Å². The number of aliphatic carboxylic acids is 1. The van der Waals surface area contributed by atoms with Crippen molar-refractivity contribution in [1.82, 2.24) is 16.0 Å². The van der Waals surface area contributed by atoms with E-state index in [0.29, 0.717) is 0 Å². The van der Waals surface area contributed by atoms with Crippen LogP contribution < -0.4 is 21.7 Å². The molecule has 0 aromatic carbocycles. The Bertz CT molecular complexity index is 455. The van der Waals surface area contributed by atoms with Crippen LogP contribution in [0.5, 0.6) is 0 Å². The van der Waals surface area contributed by atoms with Gasteiger partial charge in [-0.15, -0.1) is 0 Å². The fourth-order valence-corrected chi connectivity index (χ4v) is 1.40. The van der Waals surface area contributed by atoms with E-state index in [4.69, 9.17) is 15.9 Å². The van der Waals surface area contributed by atoms with Gasteiger partial charge in [0, 0.05) is 0 Å². The fourth-order valence-electron chi connectivity index (χ4n) is 1.40. The highest BCUT2D eigenvalue weighted by molar-refractivity contribution is 5.92. The van der Waals surface area contributed by atoms with Crippen molar-refractivity contribution in [2.24, 2.45) is 5.73 Å². The molecule has 0 aliphatic heterocycles. The number of nitrogens with two attached hydrogens (primary N) is 1. The summed E-state index contributed by atoms with van der Waals surface area (Å²) in [5.74, 6) is -3.68. The van der Waals surface area contributed by atoms with Crippen LogP contribution in [0.3, 0.4) is 0 Å². The highest BCUT2D eigenvalue weighted by Gasteiger charge is 2.25. The molecule has 4 atom stereocenters. The van der Waals surface area contributed by atoms with Gasteiger partial charge in [0.05, 0.1) is 19.3 Å². The summed E-state index contributed by atoms with van der Waals surface area (Å²) in [7, 11) is 0. The average molecular weight is 334 g/mol. The second-order valence-corrected chi connectivity index (χ2v) is 4.86. The van der Waals surface area contributed by atoms with Gasteiger partial charge in [-0.1, -0.05) is 0 Å². The minimum absolute atomic E-state index is 0.540. The van der Waals surface area contributed by atoms with Gasteiger partial charge in [0.25, 0.3) is 0 Å². The van der Waals surface area contributed by atoms with Crippen LogP contribution in [0.2, 0.25) is 0 Å². The predicted octanol–water partition coefficient (Wildman–Crippen LogP) is -4.12. The van der Waals surface area contributed by atoms with Crippen LogP contribution in [0.15, 0.2) is 0 Å². The van der Waals surface area contributed by atoms with Crippen LogP contribution >= 0.6 is 0 Å². The Hall–Kier alpha value is -2.24. The van der Waals surface area contributed by atoms with Crippen molar-refractivity contribution in [2.45, 2.75) is 38.1 Å². The Balaban J connectivity index is 4.34. The Morgan fingerprint density at radius 1 is 1.09 bits per heavy atom. The van der Waals surface area contributed by atoms with E-state index in [2.05, 4.69) is 10.6 Å². The summed E-state index contributed by atoms with van der Waals surface area (Å²) in [4.78, 5) is 45.4. The zero-order valence-corrected chi connectivity index (χ0v) is 12.8. The maximum absolute atomic E-state index is 11.7. The molecule has 0 bridgehead atoms. The van der Waals surface area contributed by atoms with Crippen LogP contribution in [0, 0.1) is 0 Å². The topological polar surface area (TPSA) is 191 Å². The van der Waals surface area contributed by atoms with E-state index in [1.54, 1.807) is 0 Å². The number of aliphatic hydroxyl groups is 2. The first-order valence-corrected chi connectivity index (χ1v) is 6.74. The van der Waals surface area contributed by atoms with Crippen molar-refractivity contribution < 1.29 is 34.5 Å². The van der Waals surface area contributed by atoms with E-state index in [1.807, 2.05) is 5.32 Å². The number of carboxylic acids is 1. The highest BCUT2D eigenvalue weighted by Crippen LogP contribution is 1.92. The summed E-state index contributed by atoms with van der Waals surface area (Å²) in [5.41, 5.74) is 5.26. The van der Waals surface area contributed by atoms with Crippen molar-refractivity contribution in [1.29, 1.82) is 0 Å². The number of carboxylic acid groups (broad SMARTS) is 1. The number of nitrogens with one attached hydrogen (secondary N) is 3. The molecule has 0 saturated heterocycles. The summed E-state index contributed by atoms with van der Waals surface area (Å²) < 4.78 is 0. The van der Waals surface area contributed by atoms with E-state index in [9.17, 15) is 24.3 Å². The van der Waals surface area contributed by atoms with E-state index in [0.717, 1.165) is 0 Å². The third kappa shape index (κ3) is 7.54. The lowest BCUT2D eigenvalue weighted by Crippen LogP contribution is -2.54. The van der Waals surface area contributed by atoms with Gasteiger partial charge in [-0.3, -0.25) is 14.4 Å². The number of hydrogen-bond acceptors (Lipinski definition) is 7. The minimum atomic E-state index is -1.50. The van der Waals surface area contributed by atoms with E-state index in [1.165, 1.54) is 13.8 Å². The van der Waals surface area contributed by atoms with Crippen molar-refractivity contribution in [3.8, 4) is 0 Å². The first kappa shape index (κ1) is 20.8. The summed E-state index contributed by atoms with van der Waals surface area (Å²) in [5, 5.41) is 33.1. The molecule has 0 aromatic rings. The molecule has 11 nitrogen and oxygen atoms in total. The molecule has 0 aromatic heterocycles. The van der Waals surface area contributed by atoms with Crippen LogP contribution in [0.1, 0.15) is 13.8 Å². The van der Waals surface area contributed by atoms with Crippen molar-refractivity contribution in [3.63, 3.8) is 0 Å². The molecule has 0 spiro atoms. The number of aliphatic hydroxyl groups excluding tert-OH is 2. The molecule has 11 heteroatoms. The normalized spacial score (nSPS) is 15.7. The standard InChI is InChI=1S/C12H22N4O7/c1-5(15-11(21)7(13)4-17)10(20)14-3-8(19)16-9(6(2)18)12(22)23/h5-7,9,17-18H,3-4,13H2,1-2H3,(H,14,20)(H,15,21)(H,16,19)(H,22,23)/t5-,6+,7-,9-/m0/s1. The van der Waals surface area contributed by atoms with Gasteiger partial charge in [0.1, 0.15) is 12.1 Å². The van der Waals surface area contributed by atoms with Gasteiger partial charge in [-0.2, -0.15) is 0 Å². The third-order valence-corrected chi connectivity index (χ3v) is 2.77. The van der Waals surface area contributed by atoms with E-state index in [-0.39, 0.29) is 0 Å². The maximum Gasteiger partial charge on any atom is 0.328 e. The Kier molecular flexibility index (Phi) is 8.77. The van der Waals surface area contributed by atoms with E-state index >= 15 is 0 Å². The summed E-state index contributed by atoms with van der Waals surface area (Å²) >= 11 is 0. The zero-order valence-electron chi connectivity index (χ0n) is 12.8. The van der Waals surface area contributed by atoms with Crippen LogP contribution in [-0.2, 0) is 19.2 Å². The lowest BCUT2D eigenvalue weighted by molar-refractivity contribution is -0.144. The average Bonchev–Trinajstić information content (AvgIpc) is 2.48. The summed E-state index contributed by atoms with van der Waals surface area (Å²) in [6, 6.07) is -3.69. The Morgan fingerprint density at radius 2 is 1.65 bits per heavy atom. The molecule has 3 amide bonds. The van der Waals surface area contributed by atoms with Gasteiger partial charge >= 0.3 is 5.97 Å². The van der Waals surface area contributed by atoms with Crippen molar-refractivity contribution in [3.05, 3.63) is 0 Å². The first-order chi connectivity index (χ1) is 10.6. The number of carbonyl (C=O) groups excluding carboxylic acids is 3. The lowest BCUT2D eigenvalue weighted by atomic mass is 10.2. The molecular formula is C12H22N4O7. The van der Waals surface area contributed by atoms with Crippen LogP contribution in [0.4, 0.5) is 0 Å². The molecule has 132 valence electrons. The molecule has 0 rings (SSSR count). The van der Waals surface area contributed by atoms with Gasteiger partial charge in [-0.05, 0) is 13.8 Å². The number of rotatable bonds is 9. The van der Waals surface area contributed by atoms with Gasteiger partial charge in [0.2, 0.25) is 17.7 Å². The largest absolute Gasteiger partial charge is 0.480 e. The molecule has 0 unspecified atom stereocenters. The zero-order chi connectivity index (χ0) is 18.2. The molecule has 0 fully saturated rings. The number of hydrogen-bond donors (Lipinski definition) is 7. The van der Waals surface area contributed by atoms with Crippen LogP contribution in [-0.4, -0.2) is 76.4 Å². The Morgan fingerprint density at radius 3 is 2.09 bits per heavy atom. The molecule has 0 radical (unpaired) electrons. The number of carbonyl (C=O) groups is 4.